The van der Waals surface area contributed by atoms with Crippen molar-refractivity contribution in [1.82, 2.24) is 5.32 Å². The lowest BCUT2D eigenvalue weighted by Crippen LogP contribution is -2.44. The molecule has 0 saturated heterocycles. The molecule has 38 heavy (non-hydrogen) atoms. The van der Waals surface area contributed by atoms with Crippen LogP contribution in [-0.4, -0.2) is 43.7 Å². The zero-order valence-electron chi connectivity index (χ0n) is 19.9. The number of amides is 2. The molecule has 3 rings (SSSR count). The van der Waals surface area contributed by atoms with Gasteiger partial charge in [-0.15, -0.1) is 0 Å². The predicted octanol–water partition coefficient (Wildman–Crippen LogP) is 3.60. The van der Waals surface area contributed by atoms with E-state index in [4.69, 9.17) is 4.74 Å². The van der Waals surface area contributed by atoms with Gasteiger partial charge in [0.1, 0.15) is 5.92 Å². The summed E-state index contributed by atoms with van der Waals surface area (Å²) in [6, 6.07) is 11.8. The molecule has 0 spiro atoms. The minimum atomic E-state index is -4.59. The first kappa shape index (κ1) is 28.3. The number of esters is 2. The standard InChI is InChI=1S/C25H20F3N3O6S/c1-36-23(34)14-8-6-13(7-9-14)19-17(11-29)22(31-21(33)20(19)24(35)37-2)38-12-18(32)30-16-5-3-4-15(10-16)25(26,27)28/h3-10,19-20H,12H2,1-2H3,(H,30,32)(H,31,33)/t19-,20+/m0/s1. The van der Waals surface area contributed by atoms with Crippen LogP contribution >= 0.6 is 11.8 Å². The maximum absolute atomic E-state index is 12.9. The van der Waals surface area contributed by atoms with Crippen LogP contribution in [0.1, 0.15) is 27.4 Å². The highest BCUT2D eigenvalue weighted by Crippen LogP contribution is 2.40. The Kier molecular flexibility index (Phi) is 8.80. The molecular formula is C25H20F3N3O6S. The van der Waals surface area contributed by atoms with Gasteiger partial charge in [0, 0.05) is 11.6 Å². The summed E-state index contributed by atoms with van der Waals surface area (Å²) in [4.78, 5) is 49.6. The zero-order chi connectivity index (χ0) is 28.0. The summed E-state index contributed by atoms with van der Waals surface area (Å²) < 4.78 is 48.2. The number of allylic oxidation sites excluding steroid dienone is 1. The van der Waals surface area contributed by atoms with Gasteiger partial charge >= 0.3 is 18.1 Å². The van der Waals surface area contributed by atoms with Crippen LogP contribution in [0.25, 0.3) is 0 Å². The Morgan fingerprint density at radius 3 is 2.37 bits per heavy atom. The Bertz CT molecular complexity index is 1340. The molecule has 0 bridgehead atoms. The average Bonchev–Trinajstić information content (AvgIpc) is 2.90. The second-order valence-electron chi connectivity index (χ2n) is 7.85. The Balaban J connectivity index is 1.88. The van der Waals surface area contributed by atoms with Gasteiger partial charge < -0.3 is 20.1 Å². The second kappa shape index (κ2) is 11.8. The number of methoxy groups -OCH3 is 2. The van der Waals surface area contributed by atoms with Crippen molar-refractivity contribution in [2.75, 3.05) is 25.3 Å². The monoisotopic (exact) mass is 547 g/mol. The maximum atomic E-state index is 12.9. The topological polar surface area (TPSA) is 135 Å². The van der Waals surface area contributed by atoms with Gasteiger partial charge in [-0.2, -0.15) is 18.4 Å². The smallest absolute Gasteiger partial charge is 0.416 e. The largest absolute Gasteiger partial charge is 0.468 e. The Labute approximate surface area is 219 Å². The van der Waals surface area contributed by atoms with Crippen molar-refractivity contribution in [3.05, 3.63) is 75.8 Å². The number of anilines is 1. The van der Waals surface area contributed by atoms with Crippen LogP contribution in [0.5, 0.6) is 0 Å². The highest BCUT2D eigenvalue weighted by molar-refractivity contribution is 8.03. The number of hydrogen-bond acceptors (Lipinski definition) is 8. The number of ether oxygens (including phenoxy) is 2. The van der Waals surface area contributed by atoms with E-state index in [0.29, 0.717) is 5.56 Å². The Hall–Kier alpha value is -4.31. The molecule has 0 aromatic heterocycles. The third-order valence-electron chi connectivity index (χ3n) is 5.50. The van der Waals surface area contributed by atoms with E-state index in [9.17, 15) is 37.6 Å². The van der Waals surface area contributed by atoms with Crippen LogP contribution < -0.4 is 10.6 Å². The van der Waals surface area contributed by atoms with E-state index in [1.807, 2.05) is 6.07 Å². The van der Waals surface area contributed by atoms with Gasteiger partial charge in [0.15, 0.2) is 0 Å². The summed E-state index contributed by atoms with van der Waals surface area (Å²) in [5.41, 5.74) is -0.503. The van der Waals surface area contributed by atoms with E-state index in [-0.39, 0.29) is 27.6 Å². The van der Waals surface area contributed by atoms with Gasteiger partial charge in [-0.3, -0.25) is 14.4 Å². The van der Waals surface area contributed by atoms with Crippen LogP contribution in [0.2, 0.25) is 0 Å². The van der Waals surface area contributed by atoms with E-state index in [1.165, 1.54) is 37.4 Å². The molecule has 2 aromatic carbocycles. The van der Waals surface area contributed by atoms with E-state index in [1.54, 1.807) is 0 Å². The average molecular weight is 548 g/mol. The quantitative estimate of drug-likeness (QED) is 0.397. The van der Waals surface area contributed by atoms with Crippen molar-refractivity contribution in [2.45, 2.75) is 12.1 Å². The number of carbonyl (C=O) groups excluding carboxylic acids is 4. The first-order chi connectivity index (χ1) is 18.0. The predicted molar refractivity (Wildman–Crippen MR) is 129 cm³/mol. The fraction of sp³-hybridized carbons (Fsp3) is 0.240. The number of halogens is 3. The van der Waals surface area contributed by atoms with E-state index < -0.39 is 47.3 Å². The van der Waals surface area contributed by atoms with Crippen LogP contribution in [0.3, 0.4) is 0 Å². The zero-order valence-corrected chi connectivity index (χ0v) is 20.7. The number of nitrogens with one attached hydrogen (secondary N) is 2. The number of hydrogen-bond donors (Lipinski definition) is 2. The van der Waals surface area contributed by atoms with Gasteiger partial charge in [-0.25, -0.2) is 4.79 Å². The highest BCUT2D eigenvalue weighted by atomic mass is 32.2. The van der Waals surface area contributed by atoms with Gasteiger partial charge in [-0.05, 0) is 35.9 Å². The summed E-state index contributed by atoms with van der Waals surface area (Å²) >= 11 is 0.767. The summed E-state index contributed by atoms with van der Waals surface area (Å²) in [6.45, 7) is 0. The molecule has 0 saturated carbocycles. The molecule has 9 nitrogen and oxygen atoms in total. The third-order valence-corrected chi connectivity index (χ3v) is 6.51. The normalized spacial score (nSPS) is 17.2. The van der Waals surface area contributed by atoms with Gasteiger partial charge in [0.25, 0.3) is 0 Å². The summed E-state index contributed by atoms with van der Waals surface area (Å²) in [5, 5.41) is 14.7. The van der Waals surface area contributed by atoms with Crippen molar-refractivity contribution in [3.63, 3.8) is 0 Å². The number of nitrogens with zero attached hydrogens (tertiary/aromatic N) is 1. The minimum Gasteiger partial charge on any atom is -0.468 e. The molecule has 0 radical (unpaired) electrons. The van der Waals surface area contributed by atoms with Crippen LogP contribution in [0.15, 0.2) is 59.1 Å². The van der Waals surface area contributed by atoms with Crippen molar-refractivity contribution >= 4 is 41.2 Å². The number of nitriles is 1. The van der Waals surface area contributed by atoms with E-state index in [0.717, 1.165) is 37.1 Å². The number of benzene rings is 2. The fourth-order valence-electron chi connectivity index (χ4n) is 3.73. The SMILES string of the molecule is COC(=O)c1ccc([C@H]2C(C#N)=C(SCC(=O)Nc3cccc(C(F)(F)F)c3)NC(=O)[C@@H]2C(=O)OC)cc1. The molecule has 2 amide bonds. The molecule has 2 atom stereocenters. The lowest BCUT2D eigenvalue weighted by atomic mass is 9.78. The second-order valence-corrected chi connectivity index (χ2v) is 8.84. The first-order valence-electron chi connectivity index (χ1n) is 10.8. The van der Waals surface area contributed by atoms with Crippen molar-refractivity contribution in [3.8, 4) is 6.07 Å². The number of carbonyl (C=O) groups is 4. The van der Waals surface area contributed by atoms with Crippen molar-refractivity contribution in [1.29, 1.82) is 5.26 Å². The molecule has 0 unspecified atom stereocenters. The molecule has 0 aliphatic carbocycles. The molecule has 1 heterocycles. The van der Waals surface area contributed by atoms with Crippen LogP contribution in [0.4, 0.5) is 18.9 Å². The molecule has 2 aromatic rings. The minimum absolute atomic E-state index is 0.00103. The van der Waals surface area contributed by atoms with E-state index in [2.05, 4.69) is 15.4 Å². The van der Waals surface area contributed by atoms with Crippen LogP contribution in [0, 0.1) is 17.2 Å². The lowest BCUT2D eigenvalue weighted by Gasteiger charge is -2.31. The number of alkyl halides is 3. The van der Waals surface area contributed by atoms with Crippen molar-refractivity contribution in [2.24, 2.45) is 5.92 Å². The lowest BCUT2D eigenvalue weighted by molar-refractivity contribution is -0.150. The third kappa shape index (κ3) is 6.33. The number of thioether (sulfide) groups is 1. The fourth-order valence-corrected chi connectivity index (χ4v) is 4.58. The summed E-state index contributed by atoms with van der Waals surface area (Å²) in [6.07, 6.45) is -4.59. The molecule has 198 valence electrons. The Morgan fingerprint density at radius 1 is 1.11 bits per heavy atom. The molecular weight excluding hydrogens is 527 g/mol. The highest BCUT2D eigenvalue weighted by Gasteiger charge is 2.44. The van der Waals surface area contributed by atoms with Gasteiger partial charge in [0.05, 0.1) is 47.8 Å². The molecule has 2 N–H and O–H groups in total. The molecule has 13 heteroatoms. The molecule has 1 aliphatic heterocycles. The maximum Gasteiger partial charge on any atom is 0.416 e. The van der Waals surface area contributed by atoms with Crippen molar-refractivity contribution < 1.29 is 41.8 Å². The molecule has 1 aliphatic rings. The summed E-state index contributed by atoms with van der Waals surface area (Å²) in [5.74, 6) is -5.87. The van der Waals surface area contributed by atoms with Crippen LogP contribution in [-0.2, 0) is 30.0 Å². The Morgan fingerprint density at radius 2 is 1.79 bits per heavy atom. The van der Waals surface area contributed by atoms with Gasteiger partial charge in [-0.1, -0.05) is 30.0 Å². The number of rotatable bonds is 7. The summed E-state index contributed by atoms with van der Waals surface area (Å²) in [7, 11) is 2.30. The molecule has 0 fully saturated rings. The van der Waals surface area contributed by atoms with E-state index >= 15 is 0 Å². The van der Waals surface area contributed by atoms with Gasteiger partial charge in [0.2, 0.25) is 11.8 Å². The first-order valence-corrected chi connectivity index (χ1v) is 11.8.